The molecule has 15 nitrogen and oxygen atoms in total. The van der Waals surface area contributed by atoms with Crippen LogP contribution in [-0.4, -0.2) is 71.3 Å². The van der Waals surface area contributed by atoms with Crippen molar-refractivity contribution in [2.45, 2.75) is 242 Å². The molecule has 8 aromatic rings. The predicted octanol–water partition coefficient (Wildman–Crippen LogP) is 22.8. The van der Waals surface area contributed by atoms with Crippen molar-refractivity contribution in [2.24, 2.45) is 0 Å². The van der Waals surface area contributed by atoms with Crippen molar-refractivity contribution >= 4 is 56.2 Å². The van der Waals surface area contributed by atoms with E-state index in [1.54, 1.807) is 17.7 Å². The van der Waals surface area contributed by atoms with Crippen molar-refractivity contribution in [3.63, 3.8) is 0 Å². The average Bonchev–Trinajstić information content (AvgIpc) is 1.66. The van der Waals surface area contributed by atoms with Gasteiger partial charge in [-0.3, -0.25) is 20.2 Å². The molecule has 2 fully saturated rings. The highest BCUT2D eigenvalue weighted by Crippen LogP contribution is 2.54. The van der Waals surface area contributed by atoms with Crippen LogP contribution in [0.15, 0.2) is 150 Å². The zero-order chi connectivity index (χ0) is 77.6. The summed E-state index contributed by atoms with van der Waals surface area (Å²) in [5.41, 5.74) is 15.1. The van der Waals surface area contributed by atoms with E-state index in [1.165, 1.54) is 96.0 Å². The van der Waals surface area contributed by atoms with Gasteiger partial charge in [0.1, 0.15) is 24.7 Å². The zero-order valence-corrected chi connectivity index (χ0v) is 68.1. The molecular weight excluding hydrogens is 1480 g/mol. The fourth-order valence-electron chi connectivity index (χ4n) is 17.6. The molecule has 4 aliphatic carbocycles. The summed E-state index contributed by atoms with van der Waals surface area (Å²) in [6, 6.07) is 48.0. The second-order valence-electron chi connectivity index (χ2n) is 33.7. The monoisotopic (exact) mass is 1580 g/mol. The maximum absolute atomic E-state index is 11.6. The molecule has 8 aromatic carbocycles. The minimum atomic E-state index is -0.623. The Morgan fingerprint density at radius 3 is 1.22 bits per heavy atom. The Hall–Kier alpha value is -7.85. The first-order valence-electron chi connectivity index (χ1n) is 38.6. The molecule has 4 aliphatic heterocycles. The van der Waals surface area contributed by atoms with E-state index in [-0.39, 0.29) is 46.9 Å². The van der Waals surface area contributed by atoms with Gasteiger partial charge in [0.2, 0.25) is 0 Å². The molecule has 574 valence electrons. The molecule has 0 aromatic heterocycles. The van der Waals surface area contributed by atoms with E-state index in [2.05, 4.69) is 89.2 Å². The number of fused-ring (bicyclic) bond motifs is 8. The third-order valence-corrected chi connectivity index (χ3v) is 26.1. The maximum atomic E-state index is 11.6. The highest BCUT2D eigenvalue weighted by Gasteiger charge is 2.60. The number of nitro benzene ring substituents is 2. The average molecular weight is 1580 g/mol. The molecular formula is C91H102BrCl2N3O12. The fraction of sp³-hybridized carbons (Fsp3) is 0.462. The van der Waals surface area contributed by atoms with Crippen LogP contribution in [0.5, 0.6) is 23.0 Å². The SMILES string of the molecule is Cc1ccc(OC[C@@]2(C3OC(C)(C)C(C)(C)O3)CCCc3cc(Cl)ccc32)c([N+](=O)[O-])c1.Cc1ccc(OC[C@@]2(C3OC(C)(C)C(C)(C)O3)CCCc3cc(Cl)ccc32)c([N+](=O)[O-])c1.Cc1ccc2c(c1)CCC[C@@]21CCc2cc(Br)ccc2OC1.[C-]#[N+]c1ccc2c(c1)CC[C@@]1(CCCc3cc(C)ccc31)CO2. The van der Waals surface area contributed by atoms with Gasteiger partial charge in [0.15, 0.2) is 29.8 Å². The van der Waals surface area contributed by atoms with Gasteiger partial charge in [0.05, 0.1) is 62.9 Å². The van der Waals surface area contributed by atoms with Gasteiger partial charge in [-0.15, -0.1) is 0 Å². The molecule has 0 radical (unpaired) electrons. The Morgan fingerprint density at radius 1 is 0.440 bits per heavy atom. The molecule has 0 N–H and O–H groups in total. The van der Waals surface area contributed by atoms with Gasteiger partial charge in [-0.1, -0.05) is 117 Å². The van der Waals surface area contributed by atoms with Gasteiger partial charge in [-0.25, -0.2) is 4.85 Å². The highest BCUT2D eigenvalue weighted by molar-refractivity contribution is 9.10. The predicted molar refractivity (Wildman–Crippen MR) is 433 cm³/mol. The van der Waals surface area contributed by atoms with Gasteiger partial charge in [-0.2, -0.15) is 0 Å². The third kappa shape index (κ3) is 16.2. The van der Waals surface area contributed by atoms with Crippen molar-refractivity contribution in [1.82, 2.24) is 0 Å². The molecule has 4 heterocycles. The maximum Gasteiger partial charge on any atom is 0.311 e. The van der Waals surface area contributed by atoms with Crippen molar-refractivity contribution in [3.05, 3.63) is 270 Å². The summed E-state index contributed by atoms with van der Waals surface area (Å²) in [5, 5.41) is 24.6. The minimum Gasteiger partial charge on any atom is -0.492 e. The summed E-state index contributed by atoms with van der Waals surface area (Å²) in [5.74, 6) is 2.53. The number of hydrogen-bond acceptors (Lipinski definition) is 12. The van der Waals surface area contributed by atoms with Crippen LogP contribution < -0.4 is 18.9 Å². The summed E-state index contributed by atoms with van der Waals surface area (Å²) < 4.78 is 52.1. The molecule has 4 atom stereocenters. The van der Waals surface area contributed by atoms with Gasteiger partial charge in [0, 0.05) is 37.5 Å². The summed E-state index contributed by atoms with van der Waals surface area (Å²) >= 11 is 16.2. The molecule has 0 bridgehead atoms. The molecule has 2 saturated heterocycles. The van der Waals surface area contributed by atoms with Crippen LogP contribution in [0.1, 0.15) is 197 Å². The zero-order valence-electron chi connectivity index (χ0n) is 65.0. The quantitative estimate of drug-likeness (QED) is 0.0724. The van der Waals surface area contributed by atoms with Crippen LogP contribution in [-0.2, 0) is 79.1 Å². The van der Waals surface area contributed by atoms with E-state index >= 15 is 0 Å². The summed E-state index contributed by atoms with van der Waals surface area (Å²) in [4.78, 5) is 26.0. The van der Waals surface area contributed by atoms with Gasteiger partial charge in [-0.05, 0) is 319 Å². The van der Waals surface area contributed by atoms with Crippen molar-refractivity contribution in [1.29, 1.82) is 0 Å². The Balaban J connectivity index is 0.000000130. The summed E-state index contributed by atoms with van der Waals surface area (Å²) in [6.07, 6.45) is 15.8. The lowest BCUT2D eigenvalue weighted by molar-refractivity contribution is -0.386. The van der Waals surface area contributed by atoms with Crippen LogP contribution in [0.2, 0.25) is 10.0 Å². The van der Waals surface area contributed by atoms with Crippen LogP contribution in [0.25, 0.3) is 4.85 Å². The van der Waals surface area contributed by atoms with E-state index in [9.17, 15) is 20.2 Å². The molecule has 16 rings (SSSR count). The Morgan fingerprint density at radius 2 is 0.807 bits per heavy atom. The molecule has 0 saturated carbocycles. The Bertz CT molecular complexity index is 4620. The number of nitrogens with zero attached hydrogens (tertiary/aromatic N) is 3. The molecule has 2 spiro atoms. The summed E-state index contributed by atoms with van der Waals surface area (Å²) in [7, 11) is 0. The van der Waals surface area contributed by atoms with E-state index < -0.39 is 55.7 Å². The Kier molecular flexibility index (Phi) is 22.8. The topological polar surface area (TPSA) is 164 Å². The van der Waals surface area contributed by atoms with Crippen LogP contribution in [0, 0.1) is 54.5 Å². The Labute approximate surface area is 661 Å². The number of rotatable bonds is 10. The first-order valence-corrected chi connectivity index (χ1v) is 40.1. The molecule has 0 unspecified atom stereocenters. The largest absolute Gasteiger partial charge is 0.492 e. The normalized spacial score (nSPS) is 23.7. The van der Waals surface area contributed by atoms with E-state index in [0.717, 1.165) is 120 Å². The number of hydrogen-bond donors (Lipinski definition) is 0. The lowest BCUT2D eigenvalue weighted by Crippen LogP contribution is -2.48. The van der Waals surface area contributed by atoms with Crippen molar-refractivity contribution in [3.8, 4) is 23.0 Å². The highest BCUT2D eigenvalue weighted by atomic mass is 79.9. The first-order chi connectivity index (χ1) is 51.8. The smallest absolute Gasteiger partial charge is 0.311 e. The van der Waals surface area contributed by atoms with Crippen molar-refractivity contribution in [2.75, 3.05) is 26.4 Å². The molecule has 8 aliphatic rings. The second kappa shape index (κ2) is 31.4. The third-order valence-electron chi connectivity index (χ3n) is 25.2. The molecule has 18 heteroatoms. The minimum absolute atomic E-state index is 0.0405. The van der Waals surface area contributed by atoms with Crippen molar-refractivity contribution < 1.29 is 47.7 Å². The van der Waals surface area contributed by atoms with Crippen LogP contribution >= 0.6 is 39.1 Å². The second-order valence-corrected chi connectivity index (χ2v) is 35.4. The van der Waals surface area contributed by atoms with Gasteiger partial charge < -0.3 is 37.9 Å². The lowest BCUT2D eigenvalue weighted by Gasteiger charge is -2.42. The number of ether oxygens (including phenoxy) is 8. The number of halogens is 3. The number of nitro groups is 2. The lowest BCUT2D eigenvalue weighted by atomic mass is 9.67. The standard InChI is InChI=1S/2C25H30ClNO5.C21H21NO.C20H21BrO/c2*1-16-8-11-21(20(13-16)27(28)29)30-15-25(22-31-23(2,3)24(4,5)32-22)12-6-7-17-14-18(26)9-10-19(17)25;1-15-5-7-19-16(12-15)4-3-10-21(19)11-9-17-13-18(22-2)6-8-20(17)23-14-21;1-14-4-6-18-15(11-14)3-2-9-20(18)10-8-16-12-17(21)5-7-19(16)22-13-20/h2*8-11,13-14,22H,6-7,12,15H2,1-5H3;5-8,12-13H,3-4,9-11,14H2,1H3;4-7,11-12H,2-3,8-10,13H2,1H3/t2*25-;21-;20-/m0000/s1. The summed E-state index contributed by atoms with van der Waals surface area (Å²) in [6.45, 7) is 33.4. The fourth-order valence-corrected chi connectivity index (χ4v) is 18.4. The van der Waals surface area contributed by atoms with E-state index in [1.807, 2.05) is 136 Å². The number of benzene rings is 8. The number of aryl methyl sites for hydroxylation is 10. The van der Waals surface area contributed by atoms with Crippen LogP contribution in [0.3, 0.4) is 0 Å². The molecule has 0 amide bonds. The van der Waals surface area contributed by atoms with Crippen LogP contribution in [0.4, 0.5) is 17.1 Å². The van der Waals surface area contributed by atoms with E-state index in [4.69, 9.17) is 67.7 Å². The van der Waals surface area contributed by atoms with E-state index in [0.29, 0.717) is 15.7 Å². The first kappa shape index (κ1) is 79.2. The molecule has 109 heavy (non-hydrogen) atoms. The van der Waals surface area contributed by atoms with Gasteiger partial charge >= 0.3 is 11.4 Å². The van der Waals surface area contributed by atoms with Gasteiger partial charge in [0.25, 0.3) is 0 Å².